The molecule has 1 amide bonds. The molecule has 0 aromatic heterocycles. The van der Waals surface area contributed by atoms with Gasteiger partial charge in [-0.3, -0.25) is 4.79 Å². The Morgan fingerprint density at radius 2 is 2.00 bits per heavy atom. The second-order valence-corrected chi connectivity index (χ2v) is 5.40. The summed E-state index contributed by atoms with van der Waals surface area (Å²) in [5.74, 6) is 0.603. The molecule has 5 nitrogen and oxygen atoms in total. The highest BCUT2D eigenvalue weighted by molar-refractivity contribution is 9.10. The summed E-state index contributed by atoms with van der Waals surface area (Å²) in [4.78, 5) is 11.5. The maximum absolute atomic E-state index is 11.5. The zero-order valence-corrected chi connectivity index (χ0v) is 13.4. The minimum atomic E-state index is -0.677. The number of anilines is 1. The zero-order valence-electron chi connectivity index (χ0n) is 11.0. The van der Waals surface area contributed by atoms with Gasteiger partial charge in [-0.25, -0.2) is 0 Å². The van der Waals surface area contributed by atoms with Crippen molar-refractivity contribution in [2.75, 3.05) is 12.8 Å². The summed E-state index contributed by atoms with van der Waals surface area (Å²) in [5, 5.41) is 0.200. The van der Waals surface area contributed by atoms with E-state index in [9.17, 15) is 4.79 Å². The van der Waals surface area contributed by atoms with Crippen molar-refractivity contribution in [3.05, 3.63) is 45.4 Å². The summed E-state index contributed by atoms with van der Waals surface area (Å²) in [6.45, 7) is 0. The Balaban J connectivity index is 2.46. The highest BCUT2D eigenvalue weighted by Gasteiger charge is 2.17. The molecule has 0 aliphatic carbocycles. The Hall–Kier alpha value is -1.92. The van der Waals surface area contributed by atoms with E-state index < -0.39 is 5.91 Å². The second-order valence-electron chi connectivity index (χ2n) is 4.14. The number of halogens is 2. The highest BCUT2D eigenvalue weighted by atomic mass is 79.9. The van der Waals surface area contributed by atoms with Crippen LogP contribution < -0.4 is 20.9 Å². The summed E-state index contributed by atoms with van der Waals surface area (Å²) in [7, 11) is 1.56. The molecular weight excluding hydrogens is 360 g/mol. The van der Waals surface area contributed by atoms with Crippen LogP contribution in [0.15, 0.2) is 34.8 Å². The van der Waals surface area contributed by atoms with Gasteiger partial charge in [-0.2, -0.15) is 0 Å². The van der Waals surface area contributed by atoms with Gasteiger partial charge in [0.05, 0.1) is 22.2 Å². The predicted molar refractivity (Wildman–Crippen MR) is 85.2 cm³/mol. The quantitative estimate of drug-likeness (QED) is 0.804. The van der Waals surface area contributed by atoms with Gasteiger partial charge >= 0.3 is 0 Å². The van der Waals surface area contributed by atoms with Crippen LogP contribution in [0.1, 0.15) is 10.4 Å². The van der Waals surface area contributed by atoms with Gasteiger partial charge in [0.1, 0.15) is 11.5 Å². The molecule has 0 spiro atoms. The molecule has 0 fully saturated rings. The Bertz CT molecular complexity index is 707. The molecule has 2 aromatic rings. The van der Waals surface area contributed by atoms with E-state index in [1.807, 2.05) is 0 Å². The van der Waals surface area contributed by atoms with Crippen molar-refractivity contribution in [1.29, 1.82) is 0 Å². The lowest BCUT2D eigenvalue weighted by atomic mass is 10.1. The second kappa shape index (κ2) is 6.24. The number of nitrogen functional groups attached to an aromatic ring is 1. The maximum atomic E-state index is 11.5. The number of hydrogen-bond acceptors (Lipinski definition) is 4. The third-order valence-electron chi connectivity index (χ3n) is 2.68. The van der Waals surface area contributed by atoms with E-state index in [1.54, 1.807) is 25.3 Å². The van der Waals surface area contributed by atoms with Gasteiger partial charge in [0, 0.05) is 5.69 Å². The normalized spacial score (nSPS) is 10.2. The minimum absolute atomic E-state index is 0.114. The smallest absolute Gasteiger partial charge is 0.252 e. The molecule has 0 bridgehead atoms. The molecule has 0 saturated carbocycles. The monoisotopic (exact) mass is 370 g/mol. The van der Waals surface area contributed by atoms with Gasteiger partial charge < -0.3 is 20.9 Å². The summed E-state index contributed by atoms with van der Waals surface area (Å²) in [6, 6.07) is 8.03. The topological polar surface area (TPSA) is 87.6 Å². The van der Waals surface area contributed by atoms with E-state index in [2.05, 4.69) is 15.9 Å². The Kier molecular flexibility index (Phi) is 4.59. The first kappa shape index (κ1) is 15.5. The van der Waals surface area contributed by atoms with E-state index in [-0.39, 0.29) is 16.3 Å². The molecule has 0 aliphatic heterocycles. The number of benzene rings is 2. The first-order valence-electron chi connectivity index (χ1n) is 5.82. The molecule has 0 radical (unpaired) electrons. The van der Waals surface area contributed by atoms with E-state index >= 15 is 0 Å². The van der Waals surface area contributed by atoms with Gasteiger partial charge in [-0.05, 0) is 46.3 Å². The number of primary amides is 1. The Labute approximate surface area is 134 Å². The molecule has 2 rings (SSSR count). The average molecular weight is 372 g/mol. The van der Waals surface area contributed by atoms with Crippen LogP contribution >= 0.6 is 27.5 Å². The third-order valence-corrected chi connectivity index (χ3v) is 3.58. The van der Waals surface area contributed by atoms with Gasteiger partial charge in [-0.15, -0.1) is 0 Å². The molecule has 0 atom stereocenters. The molecule has 0 unspecified atom stereocenters. The molecule has 0 heterocycles. The van der Waals surface area contributed by atoms with Crippen molar-refractivity contribution in [2.45, 2.75) is 0 Å². The lowest BCUT2D eigenvalue weighted by molar-refractivity contribution is 0.0998. The summed E-state index contributed by atoms with van der Waals surface area (Å²) in [5.41, 5.74) is 11.4. The number of ether oxygens (including phenoxy) is 2. The highest BCUT2D eigenvalue weighted by Crippen LogP contribution is 2.38. The van der Waals surface area contributed by atoms with Crippen molar-refractivity contribution in [1.82, 2.24) is 0 Å². The van der Waals surface area contributed by atoms with Crippen LogP contribution in [0, 0.1) is 0 Å². The fraction of sp³-hybridized carbons (Fsp3) is 0.0714. The van der Waals surface area contributed by atoms with Gasteiger partial charge in [0.2, 0.25) is 0 Å². The molecule has 0 saturated heterocycles. The molecule has 2 aromatic carbocycles. The van der Waals surface area contributed by atoms with Crippen molar-refractivity contribution in [2.24, 2.45) is 5.73 Å². The molecule has 110 valence electrons. The van der Waals surface area contributed by atoms with Crippen LogP contribution in [0.3, 0.4) is 0 Å². The SMILES string of the molecule is COc1ccc(Oc2c(Cl)cc(N)cc2C(N)=O)c(Br)c1. The van der Waals surface area contributed by atoms with Crippen molar-refractivity contribution in [3.63, 3.8) is 0 Å². The van der Waals surface area contributed by atoms with Gasteiger partial charge in [-0.1, -0.05) is 11.6 Å². The number of carbonyl (C=O) groups is 1. The third kappa shape index (κ3) is 3.40. The van der Waals surface area contributed by atoms with Crippen molar-refractivity contribution >= 4 is 39.1 Å². The van der Waals surface area contributed by atoms with E-state index in [4.69, 9.17) is 32.5 Å². The lowest BCUT2D eigenvalue weighted by Crippen LogP contribution is -2.13. The number of rotatable bonds is 4. The van der Waals surface area contributed by atoms with Crippen LogP contribution in [-0.4, -0.2) is 13.0 Å². The predicted octanol–water partition coefficient (Wildman–Crippen LogP) is 3.58. The number of methoxy groups -OCH3 is 1. The van der Waals surface area contributed by atoms with E-state index in [0.29, 0.717) is 21.7 Å². The maximum Gasteiger partial charge on any atom is 0.252 e. The molecular formula is C14H12BrClN2O3. The van der Waals surface area contributed by atoms with Crippen molar-refractivity contribution in [3.8, 4) is 17.2 Å². The average Bonchev–Trinajstić information content (AvgIpc) is 2.42. The number of carbonyl (C=O) groups excluding carboxylic acids is 1. The molecule has 4 N–H and O–H groups in total. The largest absolute Gasteiger partial charge is 0.497 e. The fourth-order valence-electron chi connectivity index (χ4n) is 1.70. The summed E-state index contributed by atoms with van der Waals surface area (Å²) < 4.78 is 11.4. The van der Waals surface area contributed by atoms with Crippen molar-refractivity contribution < 1.29 is 14.3 Å². The fourth-order valence-corrected chi connectivity index (χ4v) is 2.41. The molecule has 21 heavy (non-hydrogen) atoms. The summed E-state index contributed by atoms with van der Waals surface area (Å²) >= 11 is 9.44. The molecule has 7 heteroatoms. The molecule has 0 aliphatic rings. The van der Waals surface area contributed by atoms with Gasteiger partial charge in [0.25, 0.3) is 5.91 Å². The van der Waals surface area contributed by atoms with Crippen LogP contribution in [-0.2, 0) is 0 Å². The first-order chi connectivity index (χ1) is 9.92. The minimum Gasteiger partial charge on any atom is -0.497 e. The van der Waals surface area contributed by atoms with Crippen LogP contribution in [0.25, 0.3) is 0 Å². The van der Waals surface area contributed by atoms with E-state index in [0.717, 1.165) is 0 Å². The summed E-state index contributed by atoms with van der Waals surface area (Å²) in [6.07, 6.45) is 0. The van der Waals surface area contributed by atoms with E-state index in [1.165, 1.54) is 12.1 Å². The van der Waals surface area contributed by atoms with Crippen LogP contribution in [0.2, 0.25) is 5.02 Å². The van der Waals surface area contributed by atoms with Gasteiger partial charge in [0.15, 0.2) is 5.75 Å². The zero-order chi connectivity index (χ0) is 15.6. The van der Waals surface area contributed by atoms with Crippen LogP contribution in [0.4, 0.5) is 5.69 Å². The van der Waals surface area contributed by atoms with Crippen LogP contribution in [0.5, 0.6) is 17.2 Å². The number of hydrogen-bond donors (Lipinski definition) is 2. The standard InChI is InChI=1S/C14H12BrClN2O3/c1-20-8-2-3-12(10(15)6-8)21-13-9(14(18)19)4-7(17)5-11(13)16/h2-6H,17H2,1H3,(H2,18,19). The number of amides is 1. The number of nitrogens with two attached hydrogens (primary N) is 2. The lowest BCUT2D eigenvalue weighted by Gasteiger charge is -2.13. The Morgan fingerprint density at radius 1 is 1.29 bits per heavy atom. The Morgan fingerprint density at radius 3 is 2.57 bits per heavy atom. The first-order valence-corrected chi connectivity index (χ1v) is 6.99.